The second-order valence-electron chi connectivity index (χ2n) is 12.2. The normalized spacial score (nSPS) is 17.5. The summed E-state index contributed by atoms with van der Waals surface area (Å²) in [5, 5.41) is 9.38. The molecule has 4 rings (SSSR count). The van der Waals surface area contributed by atoms with E-state index in [0.717, 1.165) is 11.8 Å². The van der Waals surface area contributed by atoms with Gasteiger partial charge in [0.1, 0.15) is 21.6 Å². The van der Waals surface area contributed by atoms with E-state index in [2.05, 4.69) is 9.97 Å². The average molecular weight is 743 g/mol. The highest BCUT2D eigenvalue weighted by atomic mass is 32.2. The van der Waals surface area contributed by atoms with Gasteiger partial charge in [-0.25, -0.2) is 35.4 Å². The maximum Gasteiger partial charge on any atom is 0.404 e. The summed E-state index contributed by atoms with van der Waals surface area (Å²) in [6.07, 6.45) is -10.5. The number of benzene rings is 1. The molecule has 0 spiro atoms. The molecule has 19 heteroatoms. The maximum atomic E-state index is 15.8. The van der Waals surface area contributed by atoms with Gasteiger partial charge in [-0.2, -0.15) is 17.9 Å². The lowest BCUT2D eigenvalue weighted by Crippen LogP contribution is -2.45. The lowest BCUT2D eigenvalue weighted by atomic mass is 9.88. The van der Waals surface area contributed by atoms with Gasteiger partial charge in [-0.15, -0.1) is 11.3 Å². The van der Waals surface area contributed by atoms with Crippen molar-refractivity contribution in [2.45, 2.75) is 82.5 Å². The number of amides is 1. The summed E-state index contributed by atoms with van der Waals surface area (Å²) in [5.41, 5.74) is -4.01. The quantitative estimate of drug-likeness (QED) is 0.201. The van der Waals surface area contributed by atoms with E-state index in [1.807, 2.05) is 0 Å². The Hall–Kier alpha value is -3.71. The number of pyridine rings is 1. The predicted octanol–water partition coefficient (Wildman–Crippen LogP) is 7.09. The van der Waals surface area contributed by atoms with Crippen molar-refractivity contribution in [3.63, 3.8) is 0 Å². The van der Waals surface area contributed by atoms with E-state index in [0.29, 0.717) is 23.5 Å². The Bertz CT molecular complexity index is 1860. The Morgan fingerprint density at radius 2 is 1.80 bits per heavy atom. The Labute approximate surface area is 279 Å². The molecule has 3 heterocycles. The van der Waals surface area contributed by atoms with Crippen molar-refractivity contribution >= 4 is 33.2 Å². The molecule has 1 fully saturated rings. The number of sulfonamides is 1. The molecule has 1 aromatic carbocycles. The van der Waals surface area contributed by atoms with Gasteiger partial charge in [0, 0.05) is 30.1 Å². The van der Waals surface area contributed by atoms with E-state index in [1.54, 1.807) is 0 Å². The number of carboxylic acid groups (broad SMARTS) is 1. The Morgan fingerprint density at radius 1 is 1.14 bits per heavy atom. The third-order valence-electron chi connectivity index (χ3n) is 7.84. The number of rotatable bonds is 11. The zero-order valence-electron chi connectivity index (χ0n) is 26.2. The third-order valence-corrected chi connectivity index (χ3v) is 10.4. The minimum Gasteiger partial charge on any atom is -0.481 e. The van der Waals surface area contributed by atoms with Crippen molar-refractivity contribution in [2.75, 3.05) is 6.54 Å². The number of hydrogen-bond acceptors (Lipinski definition) is 7. The van der Waals surface area contributed by atoms with Gasteiger partial charge in [-0.3, -0.25) is 14.6 Å². The molecule has 2 N–H and O–H groups in total. The van der Waals surface area contributed by atoms with Crippen LogP contribution in [0.4, 0.5) is 35.1 Å². The number of nitrogens with zero attached hydrogens (tertiary/aromatic N) is 3. The molecule has 0 unspecified atom stereocenters. The summed E-state index contributed by atoms with van der Waals surface area (Å²) >= 11 is 0.519. The Morgan fingerprint density at radius 3 is 2.33 bits per heavy atom. The molecule has 2 aromatic heterocycles. The summed E-state index contributed by atoms with van der Waals surface area (Å²) in [6.45, 7) is 4.16. The summed E-state index contributed by atoms with van der Waals surface area (Å²) in [4.78, 5) is 32.7. The fourth-order valence-electron chi connectivity index (χ4n) is 5.23. The molecule has 0 radical (unpaired) electrons. The number of halogens is 8. The Balaban J connectivity index is 1.91. The molecule has 1 aliphatic heterocycles. The molecule has 2 atom stereocenters. The van der Waals surface area contributed by atoms with Gasteiger partial charge in [0.05, 0.1) is 28.1 Å². The number of carboxylic acids is 1. The zero-order valence-corrected chi connectivity index (χ0v) is 27.8. The van der Waals surface area contributed by atoms with Gasteiger partial charge in [0.15, 0.2) is 5.82 Å². The first-order chi connectivity index (χ1) is 22.5. The number of aromatic nitrogens is 2. The molecular weight excluding hydrogens is 712 g/mol. The SMILES string of the molecule is CC[C@H](NS(=O)(=O)c1ccc(-c2sc(-c3cccc(CC(C)(C)C(=O)O)n3)nc2C(=O)N2CC(F)(F)C[C@@H]2C)c(C(F)F)c1F)C(F)(F)F. The molecule has 49 heavy (non-hydrogen) atoms. The fourth-order valence-corrected chi connectivity index (χ4v) is 7.69. The van der Waals surface area contributed by atoms with Crippen LogP contribution in [0.5, 0.6) is 0 Å². The molecule has 1 amide bonds. The van der Waals surface area contributed by atoms with Crippen LogP contribution in [0, 0.1) is 11.2 Å². The first-order valence-electron chi connectivity index (χ1n) is 14.6. The second kappa shape index (κ2) is 13.5. The van der Waals surface area contributed by atoms with Crippen LogP contribution < -0.4 is 4.72 Å². The van der Waals surface area contributed by atoms with Crippen LogP contribution in [0.25, 0.3) is 21.1 Å². The first-order valence-corrected chi connectivity index (χ1v) is 16.9. The van der Waals surface area contributed by atoms with Crippen LogP contribution in [0.1, 0.15) is 68.7 Å². The summed E-state index contributed by atoms with van der Waals surface area (Å²) in [5.74, 6) is -7.66. The standard InChI is InChI=1S/C30H30F8N4O5S2/c1-5-19(30(36,37)38)41-49(46,47)18-10-9-16(20(21(18)31)24(32)33)23-22(26(43)42-13-29(34,35)11-14(42)2)40-25(48-23)17-8-6-7-15(39-17)12-28(3,4)27(44)45/h6-10,14,19,24,41H,5,11-13H2,1-4H3,(H,44,45)/t14-,19-/m0/s1. The molecular formula is C30H30F8N4O5S2. The monoisotopic (exact) mass is 742 g/mol. The molecule has 0 aliphatic carbocycles. The van der Waals surface area contributed by atoms with E-state index < -0.39 is 110 Å². The van der Waals surface area contributed by atoms with Crippen molar-refractivity contribution in [2.24, 2.45) is 5.41 Å². The average Bonchev–Trinajstić information content (AvgIpc) is 3.54. The number of alkyl halides is 7. The largest absolute Gasteiger partial charge is 0.481 e. The molecule has 0 saturated carbocycles. The minimum absolute atomic E-state index is 0.0176. The minimum atomic E-state index is -5.36. The molecule has 9 nitrogen and oxygen atoms in total. The number of nitrogens with one attached hydrogen (secondary N) is 1. The van der Waals surface area contributed by atoms with Gasteiger partial charge >= 0.3 is 12.1 Å². The molecule has 0 bridgehead atoms. The summed E-state index contributed by atoms with van der Waals surface area (Å²) in [7, 11) is -5.36. The van der Waals surface area contributed by atoms with Gasteiger partial charge in [0.2, 0.25) is 10.0 Å². The van der Waals surface area contributed by atoms with E-state index >= 15 is 4.39 Å². The predicted molar refractivity (Wildman–Crippen MR) is 161 cm³/mol. The van der Waals surface area contributed by atoms with Crippen molar-refractivity contribution in [3.8, 4) is 21.1 Å². The van der Waals surface area contributed by atoms with Crippen LogP contribution >= 0.6 is 11.3 Å². The van der Waals surface area contributed by atoms with Crippen LogP contribution in [-0.2, 0) is 21.2 Å². The number of hydrogen-bond donors (Lipinski definition) is 2. The number of thiazole rings is 1. The fraction of sp³-hybridized carbons (Fsp3) is 0.467. The summed E-state index contributed by atoms with van der Waals surface area (Å²) < 4.78 is 140. The van der Waals surface area contributed by atoms with Crippen molar-refractivity contribution in [1.29, 1.82) is 0 Å². The van der Waals surface area contributed by atoms with Crippen molar-refractivity contribution < 1.29 is 58.2 Å². The van der Waals surface area contributed by atoms with Crippen LogP contribution in [0.15, 0.2) is 35.2 Å². The van der Waals surface area contributed by atoms with Gasteiger partial charge in [0.25, 0.3) is 18.3 Å². The highest BCUT2D eigenvalue weighted by molar-refractivity contribution is 7.89. The number of carbonyl (C=O) groups excluding carboxylic acids is 1. The van der Waals surface area contributed by atoms with Gasteiger partial charge in [-0.05, 0) is 45.4 Å². The van der Waals surface area contributed by atoms with Gasteiger partial charge in [-0.1, -0.05) is 19.1 Å². The van der Waals surface area contributed by atoms with E-state index in [9.17, 15) is 53.8 Å². The number of likely N-dealkylation sites (tertiary alicyclic amines) is 1. The van der Waals surface area contributed by atoms with Crippen LogP contribution in [0.2, 0.25) is 0 Å². The topological polar surface area (TPSA) is 130 Å². The maximum absolute atomic E-state index is 15.8. The number of carbonyl (C=O) groups is 2. The highest BCUT2D eigenvalue weighted by Gasteiger charge is 2.47. The van der Waals surface area contributed by atoms with Crippen molar-refractivity contribution in [3.05, 3.63) is 53.1 Å². The Kier molecular flexibility index (Phi) is 10.5. The van der Waals surface area contributed by atoms with Crippen molar-refractivity contribution in [1.82, 2.24) is 19.6 Å². The summed E-state index contributed by atoms with van der Waals surface area (Å²) in [6, 6.07) is 1.79. The lowest BCUT2D eigenvalue weighted by molar-refractivity contribution is -0.151. The molecule has 1 aliphatic rings. The molecule has 3 aromatic rings. The second-order valence-corrected chi connectivity index (χ2v) is 14.9. The van der Waals surface area contributed by atoms with E-state index in [4.69, 9.17) is 0 Å². The third kappa shape index (κ3) is 8.03. The molecule has 1 saturated heterocycles. The molecule has 268 valence electrons. The smallest absolute Gasteiger partial charge is 0.404 e. The van der Waals surface area contributed by atoms with E-state index in [-0.39, 0.29) is 22.8 Å². The van der Waals surface area contributed by atoms with E-state index in [1.165, 1.54) is 43.7 Å². The number of aliphatic carboxylic acids is 1. The van der Waals surface area contributed by atoms with Gasteiger partial charge < -0.3 is 10.0 Å². The zero-order chi connectivity index (χ0) is 36.9. The van der Waals surface area contributed by atoms with Crippen LogP contribution in [0.3, 0.4) is 0 Å². The first kappa shape index (κ1) is 38.1. The lowest BCUT2D eigenvalue weighted by Gasteiger charge is -2.22. The van der Waals surface area contributed by atoms with Crippen LogP contribution in [-0.4, -0.2) is 71.0 Å². The highest BCUT2D eigenvalue weighted by Crippen LogP contribution is 2.44.